The summed E-state index contributed by atoms with van der Waals surface area (Å²) in [5.74, 6) is 0.982. The average Bonchev–Trinajstić information content (AvgIpc) is 2.45. The first-order chi connectivity index (χ1) is 9.70. The molecule has 1 fully saturated rings. The molecule has 1 saturated carbocycles. The molecule has 0 spiro atoms. The lowest BCUT2D eigenvalue weighted by Crippen LogP contribution is -2.43. The molecular weight excluding hydrogens is 242 g/mol. The predicted molar refractivity (Wildman–Crippen MR) is 91.0 cm³/mol. The van der Waals surface area contributed by atoms with Crippen LogP contribution in [-0.4, -0.2) is 5.54 Å². The van der Waals surface area contributed by atoms with Crippen molar-refractivity contribution < 1.29 is 0 Å². The maximum Gasteiger partial charge on any atom is 0.0154 e. The fourth-order valence-electron chi connectivity index (χ4n) is 3.81. The fraction of sp³-hybridized carbons (Fsp3) is 1.00. The lowest BCUT2D eigenvalue weighted by Gasteiger charge is -2.37. The Balaban J connectivity index is 1.98. The molecule has 0 saturated heterocycles. The quantitative estimate of drug-likeness (QED) is 0.448. The van der Waals surface area contributed by atoms with Gasteiger partial charge in [-0.3, -0.25) is 0 Å². The molecule has 0 radical (unpaired) electrons. The van der Waals surface area contributed by atoms with Gasteiger partial charge < -0.3 is 5.73 Å². The van der Waals surface area contributed by atoms with Gasteiger partial charge in [-0.1, -0.05) is 78.1 Å². The standard InChI is InChI=1S/C19H39N/c1-3-5-6-7-8-9-10-11-15-19(20)16-13-18(12-4-2)14-17-19/h18H,3-17,20H2,1-2H3. The summed E-state index contributed by atoms with van der Waals surface area (Å²) in [6.45, 7) is 4.60. The maximum atomic E-state index is 6.60. The van der Waals surface area contributed by atoms with Crippen molar-refractivity contribution in [2.45, 2.75) is 116 Å². The molecule has 0 amide bonds. The molecule has 0 aromatic carbocycles. The van der Waals surface area contributed by atoms with Gasteiger partial charge in [0.15, 0.2) is 0 Å². The third-order valence-electron chi connectivity index (χ3n) is 5.33. The second kappa shape index (κ2) is 10.7. The Kier molecular flexibility index (Phi) is 9.59. The van der Waals surface area contributed by atoms with Crippen LogP contribution in [0.25, 0.3) is 0 Å². The van der Waals surface area contributed by atoms with Crippen molar-refractivity contribution in [2.75, 3.05) is 0 Å². The van der Waals surface area contributed by atoms with Gasteiger partial charge in [-0.15, -0.1) is 0 Å². The van der Waals surface area contributed by atoms with Gasteiger partial charge in [0.2, 0.25) is 0 Å². The van der Waals surface area contributed by atoms with Gasteiger partial charge in [-0.2, -0.15) is 0 Å². The molecule has 1 rings (SSSR count). The van der Waals surface area contributed by atoms with Crippen LogP contribution in [0.2, 0.25) is 0 Å². The van der Waals surface area contributed by atoms with Crippen LogP contribution in [0.4, 0.5) is 0 Å². The minimum atomic E-state index is 0.201. The molecule has 120 valence electrons. The lowest BCUT2D eigenvalue weighted by atomic mass is 9.73. The highest BCUT2D eigenvalue weighted by Crippen LogP contribution is 2.35. The number of rotatable bonds is 11. The second-order valence-electron chi connectivity index (χ2n) is 7.32. The van der Waals surface area contributed by atoms with Crippen molar-refractivity contribution in [1.29, 1.82) is 0 Å². The predicted octanol–water partition coefficient (Wildman–Crippen LogP) is 6.21. The van der Waals surface area contributed by atoms with Crippen LogP contribution in [0.15, 0.2) is 0 Å². The van der Waals surface area contributed by atoms with E-state index in [9.17, 15) is 0 Å². The number of hydrogen-bond acceptors (Lipinski definition) is 1. The topological polar surface area (TPSA) is 26.0 Å². The third-order valence-corrected chi connectivity index (χ3v) is 5.33. The molecule has 1 nitrogen and oxygen atoms in total. The Labute approximate surface area is 128 Å². The van der Waals surface area contributed by atoms with Crippen LogP contribution in [0.1, 0.15) is 110 Å². The number of nitrogens with two attached hydrogens (primary N) is 1. The van der Waals surface area contributed by atoms with Crippen molar-refractivity contribution in [1.82, 2.24) is 0 Å². The third kappa shape index (κ3) is 7.67. The van der Waals surface area contributed by atoms with Gasteiger partial charge >= 0.3 is 0 Å². The van der Waals surface area contributed by atoms with Gasteiger partial charge in [0.25, 0.3) is 0 Å². The van der Waals surface area contributed by atoms with Crippen LogP contribution in [-0.2, 0) is 0 Å². The lowest BCUT2D eigenvalue weighted by molar-refractivity contribution is 0.209. The Morgan fingerprint density at radius 2 is 1.35 bits per heavy atom. The normalized spacial score (nSPS) is 26.9. The summed E-state index contributed by atoms with van der Waals surface area (Å²) in [4.78, 5) is 0. The summed E-state index contributed by atoms with van der Waals surface area (Å²) < 4.78 is 0. The molecule has 0 atom stereocenters. The van der Waals surface area contributed by atoms with Crippen LogP contribution in [0.3, 0.4) is 0 Å². The summed E-state index contributed by atoms with van der Waals surface area (Å²) in [6, 6.07) is 0. The minimum Gasteiger partial charge on any atom is -0.325 e. The first kappa shape index (κ1) is 18.0. The monoisotopic (exact) mass is 281 g/mol. The Morgan fingerprint density at radius 3 is 1.90 bits per heavy atom. The molecule has 0 aromatic rings. The van der Waals surface area contributed by atoms with Crippen LogP contribution in [0, 0.1) is 5.92 Å². The van der Waals surface area contributed by atoms with E-state index in [-0.39, 0.29) is 5.54 Å². The van der Waals surface area contributed by atoms with Gasteiger partial charge in [-0.05, 0) is 38.0 Å². The van der Waals surface area contributed by atoms with Crippen molar-refractivity contribution in [3.63, 3.8) is 0 Å². The SMILES string of the molecule is CCCCCCCCCCC1(N)CCC(CCC)CC1. The number of hydrogen-bond donors (Lipinski definition) is 1. The van der Waals surface area contributed by atoms with E-state index >= 15 is 0 Å². The summed E-state index contributed by atoms with van der Waals surface area (Å²) in [5, 5.41) is 0. The molecule has 0 aliphatic heterocycles. The molecular formula is C19H39N. The first-order valence-electron chi connectivity index (χ1n) is 9.49. The minimum absolute atomic E-state index is 0.201. The van der Waals surface area contributed by atoms with E-state index in [1.165, 1.54) is 96.3 Å². The van der Waals surface area contributed by atoms with E-state index < -0.39 is 0 Å². The number of unbranched alkanes of at least 4 members (excludes halogenated alkanes) is 7. The van der Waals surface area contributed by atoms with E-state index in [1.807, 2.05) is 0 Å². The van der Waals surface area contributed by atoms with Crippen LogP contribution < -0.4 is 5.73 Å². The van der Waals surface area contributed by atoms with Gasteiger partial charge in [0.1, 0.15) is 0 Å². The van der Waals surface area contributed by atoms with E-state index in [0.717, 1.165) is 5.92 Å². The molecule has 0 unspecified atom stereocenters. The Morgan fingerprint density at radius 1 is 0.800 bits per heavy atom. The molecule has 1 aliphatic carbocycles. The van der Waals surface area contributed by atoms with Gasteiger partial charge in [-0.25, -0.2) is 0 Å². The van der Waals surface area contributed by atoms with E-state index in [2.05, 4.69) is 13.8 Å². The molecule has 20 heavy (non-hydrogen) atoms. The molecule has 1 heteroatoms. The van der Waals surface area contributed by atoms with Crippen molar-refractivity contribution >= 4 is 0 Å². The zero-order valence-electron chi connectivity index (χ0n) is 14.3. The average molecular weight is 282 g/mol. The largest absolute Gasteiger partial charge is 0.325 e. The zero-order chi connectivity index (χ0) is 14.7. The van der Waals surface area contributed by atoms with Gasteiger partial charge in [0.05, 0.1) is 0 Å². The second-order valence-corrected chi connectivity index (χ2v) is 7.32. The smallest absolute Gasteiger partial charge is 0.0154 e. The summed E-state index contributed by atoms with van der Waals surface area (Å²) >= 11 is 0. The van der Waals surface area contributed by atoms with Crippen molar-refractivity contribution in [2.24, 2.45) is 11.7 Å². The molecule has 0 aromatic heterocycles. The van der Waals surface area contributed by atoms with Crippen LogP contribution in [0.5, 0.6) is 0 Å². The Bertz CT molecular complexity index is 216. The van der Waals surface area contributed by atoms with E-state index in [1.54, 1.807) is 0 Å². The maximum absolute atomic E-state index is 6.60. The highest BCUT2D eigenvalue weighted by Gasteiger charge is 2.30. The van der Waals surface area contributed by atoms with Crippen molar-refractivity contribution in [3.05, 3.63) is 0 Å². The molecule has 0 bridgehead atoms. The molecule has 2 N–H and O–H groups in total. The summed E-state index contributed by atoms with van der Waals surface area (Å²) in [6.07, 6.45) is 20.7. The fourth-order valence-corrected chi connectivity index (χ4v) is 3.81. The van der Waals surface area contributed by atoms with E-state index in [4.69, 9.17) is 5.73 Å². The van der Waals surface area contributed by atoms with Crippen molar-refractivity contribution in [3.8, 4) is 0 Å². The highest BCUT2D eigenvalue weighted by molar-refractivity contribution is 4.89. The van der Waals surface area contributed by atoms with E-state index in [0.29, 0.717) is 0 Å². The summed E-state index contributed by atoms with van der Waals surface area (Å²) in [5.41, 5.74) is 6.80. The van der Waals surface area contributed by atoms with Crippen LogP contribution >= 0.6 is 0 Å². The molecule has 0 heterocycles. The summed E-state index contributed by atoms with van der Waals surface area (Å²) in [7, 11) is 0. The zero-order valence-corrected chi connectivity index (χ0v) is 14.3. The van der Waals surface area contributed by atoms with Gasteiger partial charge in [0, 0.05) is 5.54 Å². The molecule has 1 aliphatic rings. The highest BCUT2D eigenvalue weighted by atomic mass is 14.7. The Hall–Kier alpha value is -0.0400. The first-order valence-corrected chi connectivity index (χ1v) is 9.49.